The van der Waals surface area contributed by atoms with Gasteiger partial charge in [0.1, 0.15) is 11.8 Å². The van der Waals surface area contributed by atoms with Gasteiger partial charge in [0.2, 0.25) is 11.1 Å². The van der Waals surface area contributed by atoms with Crippen LogP contribution in [0.5, 0.6) is 5.75 Å². The zero-order valence-corrected chi connectivity index (χ0v) is 21.1. The van der Waals surface area contributed by atoms with Gasteiger partial charge in [0.15, 0.2) is 0 Å². The monoisotopic (exact) mass is 477 g/mol. The second-order valence-electron chi connectivity index (χ2n) is 8.28. The lowest BCUT2D eigenvalue weighted by Crippen LogP contribution is -2.31. The molecule has 2 N–H and O–H groups in total. The lowest BCUT2D eigenvalue weighted by Gasteiger charge is -2.29. The molecule has 8 heteroatoms. The number of nitrogens with one attached hydrogen (secondary N) is 2. The van der Waals surface area contributed by atoms with E-state index in [2.05, 4.69) is 22.5 Å². The third kappa shape index (κ3) is 4.82. The first-order valence-electron chi connectivity index (χ1n) is 11.6. The van der Waals surface area contributed by atoms with E-state index in [1.807, 2.05) is 74.8 Å². The van der Waals surface area contributed by atoms with Crippen molar-refractivity contribution in [2.75, 3.05) is 23.0 Å². The summed E-state index contributed by atoms with van der Waals surface area (Å²) in [5.74, 6) is 2.20. The van der Waals surface area contributed by atoms with Crippen LogP contribution in [-0.4, -0.2) is 33.0 Å². The number of nitrogens with zero attached hydrogens (tertiary/aromatic N) is 3. The molecular formula is C26H31N5O2S. The number of aryl methyl sites for hydroxylation is 1. The molecule has 0 saturated heterocycles. The molecule has 0 saturated carbocycles. The van der Waals surface area contributed by atoms with Crippen LogP contribution in [-0.2, 0) is 4.79 Å². The maximum atomic E-state index is 13.7. The van der Waals surface area contributed by atoms with E-state index in [9.17, 15) is 4.79 Å². The maximum absolute atomic E-state index is 13.7. The largest absolute Gasteiger partial charge is 0.494 e. The highest BCUT2D eigenvalue weighted by molar-refractivity contribution is 7.99. The molecule has 1 unspecified atom stereocenters. The van der Waals surface area contributed by atoms with Crippen molar-refractivity contribution in [3.63, 3.8) is 0 Å². The number of anilines is 2. The molecule has 34 heavy (non-hydrogen) atoms. The number of fused-ring (bicyclic) bond motifs is 1. The molecule has 7 nitrogen and oxygen atoms in total. The van der Waals surface area contributed by atoms with Gasteiger partial charge < -0.3 is 15.4 Å². The number of ether oxygens (including phenoxy) is 1. The summed E-state index contributed by atoms with van der Waals surface area (Å²) in [7, 11) is 0. The predicted octanol–water partition coefficient (Wildman–Crippen LogP) is 5.72. The van der Waals surface area contributed by atoms with Gasteiger partial charge in [-0.3, -0.25) is 4.79 Å². The summed E-state index contributed by atoms with van der Waals surface area (Å²) in [4.78, 5) is 18.4. The Labute approximate surface area is 205 Å². The molecule has 178 valence electrons. The standard InChI is InChI=1S/C26H31N5O2S/c1-6-15-34-26-29-25-27-18(5)22(24(32)28-21-10-8-9-16(3)17(21)4)23(31(25)30-26)19-11-13-20(14-12-19)33-7-2/h8-14,23H,6-7,15H2,1-5H3,(H,28,32)(H,27,29,30). The number of benzene rings is 2. The Morgan fingerprint density at radius 2 is 1.91 bits per heavy atom. The number of carbonyl (C=O) groups is 1. The molecule has 1 aromatic heterocycles. The van der Waals surface area contributed by atoms with Crippen LogP contribution >= 0.6 is 11.8 Å². The third-order valence-corrected chi connectivity index (χ3v) is 6.92. The zero-order chi connectivity index (χ0) is 24.2. The molecular weight excluding hydrogens is 446 g/mol. The number of rotatable bonds is 8. The molecule has 1 aliphatic rings. The van der Waals surface area contributed by atoms with Crippen LogP contribution in [0.2, 0.25) is 0 Å². The van der Waals surface area contributed by atoms with Crippen LogP contribution in [0.4, 0.5) is 11.6 Å². The molecule has 2 aromatic carbocycles. The van der Waals surface area contributed by atoms with Crippen molar-refractivity contribution in [2.24, 2.45) is 0 Å². The summed E-state index contributed by atoms with van der Waals surface area (Å²) in [6.45, 7) is 10.7. The minimum atomic E-state index is -0.416. The molecule has 0 fully saturated rings. The highest BCUT2D eigenvalue weighted by atomic mass is 32.2. The minimum Gasteiger partial charge on any atom is -0.494 e. The Hall–Kier alpha value is -3.26. The Morgan fingerprint density at radius 3 is 2.62 bits per heavy atom. The number of allylic oxidation sites excluding steroid dienone is 1. The molecule has 3 aromatic rings. The molecule has 0 radical (unpaired) electrons. The Balaban J connectivity index is 1.75. The topological polar surface area (TPSA) is 81.1 Å². The molecule has 1 aliphatic heterocycles. The number of aromatic nitrogens is 3. The van der Waals surface area contributed by atoms with E-state index in [1.165, 1.54) is 0 Å². The summed E-state index contributed by atoms with van der Waals surface area (Å²) in [5, 5.41) is 11.9. The smallest absolute Gasteiger partial charge is 0.255 e. The van der Waals surface area contributed by atoms with E-state index in [4.69, 9.17) is 9.84 Å². The number of hydrogen-bond donors (Lipinski definition) is 2. The van der Waals surface area contributed by atoms with Gasteiger partial charge in [-0.25, -0.2) is 4.68 Å². The summed E-state index contributed by atoms with van der Waals surface area (Å²) in [5.41, 5.74) is 5.29. The Kier molecular flexibility index (Phi) is 7.26. The summed E-state index contributed by atoms with van der Waals surface area (Å²) in [6.07, 6.45) is 1.03. The highest BCUT2D eigenvalue weighted by Gasteiger charge is 2.34. The number of thioether (sulfide) groups is 1. The van der Waals surface area contributed by atoms with Crippen LogP contribution in [0, 0.1) is 13.8 Å². The minimum absolute atomic E-state index is 0.165. The van der Waals surface area contributed by atoms with Crippen molar-refractivity contribution in [1.29, 1.82) is 0 Å². The van der Waals surface area contributed by atoms with Crippen molar-refractivity contribution >= 4 is 29.3 Å². The van der Waals surface area contributed by atoms with Crippen molar-refractivity contribution < 1.29 is 9.53 Å². The predicted molar refractivity (Wildman–Crippen MR) is 138 cm³/mol. The molecule has 1 atom stereocenters. The maximum Gasteiger partial charge on any atom is 0.255 e. The van der Waals surface area contributed by atoms with Gasteiger partial charge in [0.25, 0.3) is 5.91 Å². The lowest BCUT2D eigenvalue weighted by molar-refractivity contribution is -0.113. The van der Waals surface area contributed by atoms with E-state index in [-0.39, 0.29) is 5.91 Å². The number of amides is 1. The van der Waals surface area contributed by atoms with E-state index >= 15 is 0 Å². The van der Waals surface area contributed by atoms with Crippen LogP contribution in [0.15, 0.2) is 58.9 Å². The number of carbonyl (C=O) groups excluding carboxylic acids is 1. The van der Waals surface area contributed by atoms with E-state index < -0.39 is 6.04 Å². The first-order valence-corrected chi connectivity index (χ1v) is 12.6. The first kappa shape index (κ1) is 23.9. The van der Waals surface area contributed by atoms with Gasteiger partial charge in [-0.2, -0.15) is 4.98 Å². The molecule has 2 heterocycles. The van der Waals surface area contributed by atoms with Gasteiger partial charge in [-0.15, -0.1) is 5.10 Å². The van der Waals surface area contributed by atoms with E-state index in [0.29, 0.717) is 23.3 Å². The van der Waals surface area contributed by atoms with E-state index in [1.54, 1.807) is 11.8 Å². The van der Waals surface area contributed by atoms with Gasteiger partial charge in [0, 0.05) is 17.1 Å². The SMILES string of the molecule is CCCSc1nc2n(n1)C(c1ccc(OCC)cc1)C(C(=O)Nc1cccc(C)c1C)=C(C)N2. The average molecular weight is 478 g/mol. The fraction of sp³-hybridized carbons (Fsp3) is 0.346. The summed E-state index contributed by atoms with van der Waals surface area (Å²) in [6, 6.07) is 13.3. The van der Waals surface area contributed by atoms with Gasteiger partial charge >= 0.3 is 0 Å². The van der Waals surface area contributed by atoms with Crippen molar-refractivity contribution in [3.8, 4) is 5.75 Å². The molecule has 0 aliphatic carbocycles. The van der Waals surface area contributed by atoms with Gasteiger partial charge in [-0.05, 0) is 69.0 Å². The zero-order valence-electron chi connectivity index (χ0n) is 20.3. The summed E-state index contributed by atoms with van der Waals surface area (Å²) < 4.78 is 7.44. The van der Waals surface area contributed by atoms with Crippen LogP contribution < -0.4 is 15.4 Å². The third-order valence-electron chi connectivity index (χ3n) is 5.87. The van der Waals surface area contributed by atoms with Crippen LogP contribution in [0.25, 0.3) is 0 Å². The molecule has 1 amide bonds. The average Bonchev–Trinajstić information content (AvgIpc) is 3.22. The first-order chi connectivity index (χ1) is 16.4. The number of hydrogen-bond acceptors (Lipinski definition) is 6. The molecule has 0 spiro atoms. The quantitative estimate of drug-likeness (QED) is 0.404. The van der Waals surface area contributed by atoms with Crippen LogP contribution in [0.1, 0.15) is 49.9 Å². The second-order valence-corrected chi connectivity index (χ2v) is 9.34. The second kappa shape index (κ2) is 10.3. The van der Waals surface area contributed by atoms with E-state index in [0.717, 1.165) is 46.0 Å². The Bertz CT molecular complexity index is 1220. The fourth-order valence-electron chi connectivity index (χ4n) is 3.98. The molecule has 4 rings (SSSR count). The van der Waals surface area contributed by atoms with Crippen molar-refractivity contribution in [2.45, 2.75) is 52.2 Å². The van der Waals surface area contributed by atoms with Crippen molar-refractivity contribution in [3.05, 3.63) is 70.4 Å². The van der Waals surface area contributed by atoms with Crippen molar-refractivity contribution in [1.82, 2.24) is 14.8 Å². The lowest BCUT2D eigenvalue weighted by atomic mass is 9.94. The Morgan fingerprint density at radius 1 is 1.15 bits per heavy atom. The summed E-state index contributed by atoms with van der Waals surface area (Å²) >= 11 is 1.62. The fourth-order valence-corrected chi connectivity index (χ4v) is 4.66. The highest BCUT2D eigenvalue weighted by Crippen LogP contribution is 2.37. The van der Waals surface area contributed by atoms with Crippen LogP contribution in [0.3, 0.4) is 0 Å². The van der Waals surface area contributed by atoms with Gasteiger partial charge in [-0.1, -0.05) is 43.0 Å². The molecule has 0 bridgehead atoms. The normalized spacial score (nSPS) is 15.0. The van der Waals surface area contributed by atoms with Gasteiger partial charge in [0.05, 0.1) is 12.2 Å².